The number of esters is 1. The maximum Gasteiger partial charge on any atom is 0.513 e. The molecule has 0 aliphatic rings. The Morgan fingerprint density at radius 2 is 1.50 bits per heavy atom. The molecular weight excluding hydrogens is 377 g/mol. The van der Waals surface area contributed by atoms with Gasteiger partial charge in [-0.25, -0.2) is 4.57 Å². The monoisotopic (exact) mass is 397 g/mol. The second-order valence-corrected chi connectivity index (χ2v) is 7.84. The maximum absolute atomic E-state index is 13.2. The molecule has 26 heavy (non-hydrogen) atoms. The lowest BCUT2D eigenvalue weighted by Gasteiger charge is -2.23. The number of hydrogen-bond donors (Lipinski definition) is 1. The van der Waals surface area contributed by atoms with Gasteiger partial charge in [0.25, 0.3) is 0 Å². The third-order valence-corrected chi connectivity index (χ3v) is 4.92. The third-order valence-electron chi connectivity index (χ3n) is 3.07. The van der Waals surface area contributed by atoms with Gasteiger partial charge < -0.3 is 13.8 Å². The Kier molecular flexibility index (Phi) is 7.09. The van der Waals surface area contributed by atoms with Crippen LogP contribution in [0, 0.1) is 0 Å². The van der Waals surface area contributed by atoms with Gasteiger partial charge in [-0.3, -0.25) is 4.79 Å². The van der Waals surface area contributed by atoms with Crippen LogP contribution in [0.25, 0.3) is 0 Å². The van der Waals surface area contributed by atoms with E-state index in [1.54, 1.807) is 68.4 Å². The van der Waals surface area contributed by atoms with Crippen LogP contribution in [0.4, 0.5) is 0 Å². The first kappa shape index (κ1) is 20.3. The van der Waals surface area contributed by atoms with Crippen LogP contribution in [0.2, 0.25) is 5.02 Å². The SMILES string of the molecule is CC(C)OC(=O)C(C)NP(=O)(Oc1ccccc1)Oc1ccc(Cl)cc1. The number of ether oxygens (including phenoxy) is 1. The van der Waals surface area contributed by atoms with Gasteiger partial charge in [-0.2, -0.15) is 5.09 Å². The molecule has 8 heteroatoms. The summed E-state index contributed by atoms with van der Waals surface area (Å²) in [6.45, 7) is 4.99. The molecule has 0 saturated heterocycles. The lowest BCUT2D eigenvalue weighted by molar-refractivity contribution is -0.149. The average Bonchev–Trinajstić information content (AvgIpc) is 2.57. The first-order chi connectivity index (χ1) is 12.3. The number of nitrogens with one attached hydrogen (secondary N) is 1. The van der Waals surface area contributed by atoms with Crippen molar-refractivity contribution in [3.8, 4) is 11.5 Å². The van der Waals surface area contributed by atoms with Gasteiger partial charge >= 0.3 is 13.7 Å². The molecule has 2 aromatic carbocycles. The number of rotatable bonds is 8. The number of benzene rings is 2. The molecule has 0 spiro atoms. The van der Waals surface area contributed by atoms with Gasteiger partial charge in [-0.15, -0.1) is 0 Å². The number of halogens is 1. The minimum absolute atomic E-state index is 0.283. The van der Waals surface area contributed by atoms with Crippen molar-refractivity contribution in [1.82, 2.24) is 5.09 Å². The average molecular weight is 398 g/mol. The molecule has 140 valence electrons. The van der Waals surface area contributed by atoms with Crippen molar-refractivity contribution < 1.29 is 23.1 Å². The van der Waals surface area contributed by atoms with Crippen molar-refractivity contribution >= 4 is 25.3 Å². The molecule has 0 radical (unpaired) electrons. The Morgan fingerprint density at radius 1 is 0.962 bits per heavy atom. The zero-order valence-corrected chi connectivity index (χ0v) is 16.4. The number of hydrogen-bond acceptors (Lipinski definition) is 5. The second kappa shape index (κ2) is 9.08. The summed E-state index contributed by atoms with van der Waals surface area (Å²) in [4.78, 5) is 12.0. The lowest BCUT2D eigenvalue weighted by Crippen LogP contribution is -2.36. The van der Waals surface area contributed by atoms with E-state index in [0.29, 0.717) is 10.8 Å². The molecule has 0 saturated carbocycles. The van der Waals surface area contributed by atoms with Crippen LogP contribution in [0.3, 0.4) is 0 Å². The summed E-state index contributed by atoms with van der Waals surface area (Å²) in [5.41, 5.74) is 0. The summed E-state index contributed by atoms with van der Waals surface area (Å²) in [6.07, 6.45) is -0.293. The fraction of sp³-hybridized carbons (Fsp3) is 0.278. The summed E-state index contributed by atoms with van der Waals surface area (Å²) in [5.74, 6) is 0.0592. The predicted octanol–water partition coefficient (Wildman–Crippen LogP) is 4.84. The first-order valence-electron chi connectivity index (χ1n) is 8.05. The van der Waals surface area contributed by atoms with Gasteiger partial charge in [0.1, 0.15) is 17.5 Å². The van der Waals surface area contributed by atoms with Crippen molar-refractivity contribution in [2.24, 2.45) is 0 Å². The Hall–Kier alpha value is -2.01. The largest absolute Gasteiger partial charge is 0.513 e. The van der Waals surface area contributed by atoms with Gasteiger partial charge in [-0.05, 0) is 57.2 Å². The zero-order valence-electron chi connectivity index (χ0n) is 14.7. The molecule has 0 bridgehead atoms. The molecule has 2 aromatic rings. The van der Waals surface area contributed by atoms with E-state index < -0.39 is 19.8 Å². The van der Waals surface area contributed by atoms with Gasteiger partial charge in [0, 0.05) is 5.02 Å². The third kappa shape index (κ3) is 6.37. The van der Waals surface area contributed by atoms with Crippen LogP contribution in [0.5, 0.6) is 11.5 Å². The summed E-state index contributed by atoms with van der Waals surface area (Å²) in [7, 11) is -3.93. The molecule has 0 aliphatic carbocycles. The van der Waals surface area contributed by atoms with Crippen LogP contribution in [-0.4, -0.2) is 18.1 Å². The molecule has 0 heterocycles. The van der Waals surface area contributed by atoms with Crippen LogP contribution in [0.15, 0.2) is 54.6 Å². The fourth-order valence-corrected chi connectivity index (χ4v) is 3.60. The van der Waals surface area contributed by atoms with Gasteiger partial charge in [-0.1, -0.05) is 29.8 Å². The van der Waals surface area contributed by atoms with Crippen LogP contribution in [0.1, 0.15) is 20.8 Å². The normalized spacial score (nSPS) is 14.3. The molecule has 2 rings (SSSR count). The van der Waals surface area contributed by atoms with Crippen molar-refractivity contribution in [3.63, 3.8) is 0 Å². The second-order valence-electron chi connectivity index (χ2n) is 5.78. The number of para-hydroxylation sites is 1. The Bertz CT molecular complexity index is 767. The van der Waals surface area contributed by atoms with Gasteiger partial charge in [0.15, 0.2) is 0 Å². The summed E-state index contributed by atoms with van der Waals surface area (Å²) in [5, 5.41) is 3.13. The van der Waals surface area contributed by atoms with Crippen molar-refractivity contribution in [2.75, 3.05) is 0 Å². The van der Waals surface area contributed by atoms with E-state index in [4.69, 9.17) is 25.4 Å². The number of carbonyl (C=O) groups is 1. The standard InChI is InChI=1S/C18H21ClNO5P/c1-13(2)23-18(21)14(3)20-26(22,24-16-7-5-4-6-8-16)25-17-11-9-15(19)10-12-17/h4-14H,1-3H3,(H,20,22). The Balaban J connectivity index is 2.21. The summed E-state index contributed by atoms with van der Waals surface area (Å²) >= 11 is 5.85. The molecule has 2 atom stereocenters. The predicted molar refractivity (Wildman–Crippen MR) is 101 cm³/mol. The maximum atomic E-state index is 13.2. The van der Waals surface area contributed by atoms with E-state index in [9.17, 15) is 9.36 Å². The van der Waals surface area contributed by atoms with Crippen LogP contribution in [-0.2, 0) is 14.1 Å². The fourth-order valence-electron chi connectivity index (χ4n) is 1.95. The highest BCUT2D eigenvalue weighted by atomic mass is 35.5. The van der Waals surface area contributed by atoms with E-state index in [-0.39, 0.29) is 11.9 Å². The van der Waals surface area contributed by atoms with Crippen LogP contribution < -0.4 is 14.1 Å². The van der Waals surface area contributed by atoms with E-state index in [0.717, 1.165) is 0 Å². The summed E-state index contributed by atoms with van der Waals surface area (Å²) < 4.78 is 29.5. The number of carbonyl (C=O) groups excluding carboxylic acids is 1. The Morgan fingerprint density at radius 3 is 2.04 bits per heavy atom. The highest BCUT2D eigenvalue weighted by molar-refractivity contribution is 7.52. The van der Waals surface area contributed by atoms with Crippen molar-refractivity contribution in [2.45, 2.75) is 32.9 Å². The minimum Gasteiger partial charge on any atom is -0.462 e. The van der Waals surface area contributed by atoms with E-state index in [1.807, 2.05) is 0 Å². The smallest absolute Gasteiger partial charge is 0.462 e. The van der Waals surface area contributed by atoms with E-state index in [2.05, 4.69) is 5.09 Å². The molecular formula is C18H21ClNO5P. The van der Waals surface area contributed by atoms with Crippen LogP contribution >= 0.6 is 19.3 Å². The van der Waals surface area contributed by atoms with Crippen molar-refractivity contribution in [3.05, 3.63) is 59.6 Å². The highest BCUT2D eigenvalue weighted by Gasteiger charge is 2.34. The topological polar surface area (TPSA) is 73.9 Å². The quantitative estimate of drug-likeness (QED) is 0.507. The minimum atomic E-state index is -3.93. The van der Waals surface area contributed by atoms with Gasteiger partial charge in [0.05, 0.1) is 6.10 Å². The first-order valence-corrected chi connectivity index (χ1v) is 9.97. The molecule has 0 fully saturated rings. The molecule has 0 amide bonds. The van der Waals surface area contributed by atoms with E-state index >= 15 is 0 Å². The highest BCUT2D eigenvalue weighted by Crippen LogP contribution is 2.45. The Labute approximate surface area is 158 Å². The zero-order chi connectivity index (χ0) is 19.2. The molecule has 6 nitrogen and oxygen atoms in total. The molecule has 2 unspecified atom stereocenters. The molecule has 0 aliphatic heterocycles. The van der Waals surface area contributed by atoms with Crippen molar-refractivity contribution in [1.29, 1.82) is 0 Å². The lowest BCUT2D eigenvalue weighted by atomic mass is 10.3. The molecule has 0 aromatic heterocycles. The summed E-state index contributed by atoms with van der Waals surface area (Å²) in [6, 6.07) is 13.9. The van der Waals surface area contributed by atoms with E-state index in [1.165, 1.54) is 6.92 Å². The van der Waals surface area contributed by atoms with Gasteiger partial charge in [0.2, 0.25) is 0 Å². The molecule has 1 N–H and O–H groups in total.